The van der Waals surface area contributed by atoms with Crippen LogP contribution in [0.15, 0.2) is 18.2 Å². The molecule has 0 aromatic heterocycles. The summed E-state index contributed by atoms with van der Waals surface area (Å²) in [6.07, 6.45) is 0. The van der Waals surface area contributed by atoms with E-state index in [2.05, 4.69) is 6.92 Å². The SMILES string of the molecule is CC(CN)CSCc1ccc([N+](=O)[O-])cc1Cl. The van der Waals surface area contributed by atoms with Crippen molar-refractivity contribution < 1.29 is 4.92 Å². The van der Waals surface area contributed by atoms with Gasteiger partial charge < -0.3 is 5.73 Å². The van der Waals surface area contributed by atoms with Crippen molar-refractivity contribution in [3.63, 3.8) is 0 Å². The maximum atomic E-state index is 10.5. The van der Waals surface area contributed by atoms with Gasteiger partial charge in [-0.1, -0.05) is 18.5 Å². The fourth-order valence-corrected chi connectivity index (χ4v) is 2.65. The third kappa shape index (κ3) is 4.53. The van der Waals surface area contributed by atoms with Gasteiger partial charge >= 0.3 is 0 Å². The minimum absolute atomic E-state index is 0.0269. The number of benzene rings is 1. The highest BCUT2D eigenvalue weighted by Gasteiger charge is 2.09. The van der Waals surface area contributed by atoms with E-state index in [0.29, 0.717) is 17.5 Å². The first-order valence-electron chi connectivity index (χ1n) is 5.25. The van der Waals surface area contributed by atoms with E-state index >= 15 is 0 Å². The number of hydrogen-bond donors (Lipinski definition) is 1. The summed E-state index contributed by atoms with van der Waals surface area (Å²) >= 11 is 7.71. The lowest BCUT2D eigenvalue weighted by Gasteiger charge is -2.08. The molecular weight excluding hydrogens is 260 g/mol. The highest BCUT2D eigenvalue weighted by molar-refractivity contribution is 7.98. The number of nitrogens with zero attached hydrogens (tertiary/aromatic N) is 1. The second-order valence-corrected chi connectivity index (χ2v) is 5.33. The van der Waals surface area contributed by atoms with Crippen LogP contribution in [0.1, 0.15) is 12.5 Å². The summed E-state index contributed by atoms with van der Waals surface area (Å²) < 4.78 is 0. The van der Waals surface area contributed by atoms with E-state index in [1.165, 1.54) is 12.1 Å². The molecule has 0 aliphatic carbocycles. The Bertz CT molecular complexity index is 401. The summed E-state index contributed by atoms with van der Waals surface area (Å²) in [6, 6.07) is 4.58. The quantitative estimate of drug-likeness (QED) is 0.639. The Hall–Kier alpha value is -0.780. The van der Waals surface area contributed by atoms with Crippen molar-refractivity contribution >= 4 is 29.1 Å². The Morgan fingerprint density at radius 2 is 2.29 bits per heavy atom. The number of thioether (sulfide) groups is 1. The Labute approximate surface area is 110 Å². The van der Waals surface area contributed by atoms with Crippen molar-refractivity contribution in [2.45, 2.75) is 12.7 Å². The van der Waals surface area contributed by atoms with Gasteiger partial charge in [-0.15, -0.1) is 0 Å². The van der Waals surface area contributed by atoms with Crippen molar-refractivity contribution in [2.75, 3.05) is 12.3 Å². The molecule has 1 rings (SSSR count). The van der Waals surface area contributed by atoms with Gasteiger partial charge in [0.2, 0.25) is 0 Å². The summed E-state index contributed by atoms with van der Waals surface area (Å²) in [7, 11) is 0. The fourth-order valence-electron chi connectivity index (χ4n) is 1.20. The molecule has 0 radical (unpaired) electrons. The van der Waals surface area contributed by atoms with Crippen molar-refractivity contribution in [1.82, 2.24) is 0 Å². The van der Waals surface area contributed by atoms with E-state index < -0.39 is 4.92 Å². The van der Waals surface area contributed by atoms with Gasteiger partial charge in [0.25, 0.3) is 5.69 Å². The maximum absolute atomic E-state index is 10.5. The Kier molecular flexibility index (Phi) is 5.74. The second kappa shape index (κ2) is 6.83. The third-order valence-electron chi connectivity index (χ3n) is 2.31. The number of hydrogen-bond acceptors (Lipinski definition) is 4. The molecular formula is C11H15ClN2O2S. The fraction of sp³-hybridized carbons (Fsp3) is 0.455. The molecule has 1 atom stereocenters. The number of nitro groups is 1. The Balaban J connectivity index is 2.57. The van der Waals surface area contributed by atoms with Gasteiger partial charge in [-0.2, -0.15) is 11.8 Å². The predicted octanol–water partition coefficient (Wildman–Crippen LogP) is 3.08. The number of rotatable bonds is 6. The monoisotopic (exact) mass is 274 g/mol. The van der Waals surface area contributed by atoms with Crippen LogP contribution in [0, 0.1) is 16.0 Å². The number of non-ortho nitro benzene ring substituents is 1. The Morgan fingerprint density at radius 1 is 1.59 bits per heavy atom. The van der Waals surface area contributed by atoms with E-state index in [9.17, 15) is 10.1 Å². The van der Waals surface area contributed by atoms with Crippen molar-refractivity contribution in [2.24, 2.45) is 11.7 Å². The molecule has 94 valence electrons. The van der Waals surface area contributed by atoms with Crippen molar-refractivity contribution in [3.05, 3.63) is 38.9 Å². The molecule has 0 aliphatic rings. The van der Waals surface area contributed by atoms with E-state index in [4.69, 9.17) is 17.3 Å². The van der Waals surface area contributed by atoms with E-state index in [0.717, 1.165) is 17.1 Å². The second-order valence-electron chi connectivity index (χ2n) is 3.89. The molecule has 1 aromatic rings. The van der Waals surface area contributed by atoms with Crippen molar-refractivity contribution in [3.8, 4) is 0 Å². The number of halogens is 1. The predicted molar refractivity (Wildman–Crippen MR) is 72.5 cm³/mol. The summed E-state index contributed by atoms with van der Waals surface area (Å²) in [6.45, 7) is 2.76. The van der Waals surface area contributed by atoms with Gasteiger partial charge in [-0.3, -0.25) is 10.1 Å². The minimum Gasteiger partial charge on any atom is -0.330 e. The lowest BCUT2D eigenvalue weighted by Crippen LogP contribution is -2.12. The normalized spacial score (nSPS) is 12.4. The molecule has 1 unspecified atom stereocenters. The van der Waals surface area contributed by atoms with Gasteiger partial charge in [0.05, 0.1) is 9.95 Å². The first-order valence-corrected chi connectivity index (χ1v) is 6.78. The van der Waals surface area contributed by atoms with Gasteiger partial charge in [0.1, 0.15) is 0 Å². The molecule has 4 nitrogen and oxygen atoms in total. The third-order valence-corrected chi connectivity index (χ3v) is 3.98. The van der Waals surface area contributed by atoms with E-state index in [1.54, 1.807) is 17.8 Å². The van der Waals surface area contributed by atoms with E-state index in [-0.39, 0.29) is 5.69 Å². The van der Waals surface area contributed by atoms with Crippen LogP contribution in [-0.2, 0) is 5.75 Å². The zero-order valence-corrected chi connectivity index (χ0v) is 11.1. The smallest absolute Gasteiger partial charge is 0.270 e. The van der Waals surface area contributed by atoms with Crippen LogP contribution in [0.2, 0.25) is 5.02 Å². The molecule has 0 aliphatic heterocycles. The van der Waals surface area contributed by atoms with Crippen LogP contribution in [-0.4, -0.2) is 17.2 Å². The van der Waals surface area contributed by atoms with Gasteiger partial charge in [0.15, 0.2) is 0 Å². The van der Waals surface area contributed by atoms with Crippen LogP contribution >= 0.6 is 23.4 Å². The van der Waals surface area contributed by atoms with Crippen LogP contribution in [0.4, 0.5) is 5.69 Å². The molecule has 0 heterocycles. The summed E-state index contributed by atoms with van der Waals surface area (Å²) in [4.78, 5) is 10.1. The van der Waals surface area contributed by atoms with Crippen LogP contribution in [0.3, 0.4) is 0 Å². The zero-order valence-electron chi connectivity index (χ0n) is 9.56. The number of nitro benzene ring substituents is 1. The van der Waals surface area contributed by atoms with Crippen LogP contribution in [0.5, 0.6) is 0 Å². The maximum Gasteiger partial charge on any atom is 0.270 e. The molecule has 17 heavy (non-hydrogen) atoms. The summed E-state index contributed by atoms with van der Waals surface area (Å²) in [5.41, 5.74) is 6.47. The first-order chi connectivity index (χ1) is 8.04. The summed E-state index contributed by atoms with van der Waals surface area (Å²) in [5.74, 6) is 2.18. The molecule has 6 heteroatoms. The zero-order chi connectivity index (χ0) is 12.8. The Morgan fingerprint density at radius 3 is 2.82 bits per heavy atom. The largest absolute Gasteiger partial charge is 0.330 e. The minimum atomic E-state index is -0.445. The topological polar surface area (TPSA) is 69.2 Å². The molecule has 0 saturated heterocycles. The van der Waals surface area contributed by atoms with Crippen LogP contribution in [0.25, 0.3) is 0 Å². The average molecular weight is 275 g/mol. The standard InChI is InChI=1S/C11H15ClN2O2S/c1-8(5-13)6-17-7-9-2-3-10(14(15)16)4-11(9)12/h2-4,8H,5-7,13H2,1H3. The average Bonchev–Trinajstić information content (AvgIpc) is 2.30. The highest BCUT2D eigenvalue weighted by atomic mass is 35.5. The van der Waals surface area contributed by atoms with Crippen LogP contribution < -0.4 is 5.73 Å². The molecule has 0 amide bonds. The van der Waals surface area contributed by atoms with Gasteiger partial charge in [-0.25, -0.2) is 0 Å². The molecule has 0 spiro atoms. The summed E-state index contributed by atoms with van der Waals surface area (Å²) in [5, 5.41) is 11.0. The van der Waals surface area contributed by atoms with E-state index in [1.807, 2.05) is 0 Å². The molecule has 0 bridgehead atoms. The first kappa shape index (κ1) is 14.3. The lowest BCUT2D eigenvalue weighted by atomic mass is 10.2. The van der Waals surface area contributed by atoms with Crippen molar-refractivity contribution in [1.29, 1.82) is 0 Å². The molecule has 2 N–H and O–H groups in total. The molecule has 0 saturated carbocycles. The molecule has 1 aromatic carbocycles. The molecule has 0 fully saturated rings. The van der Waals surface area contributed by atoms with Gasteiger partial charge in [0, 0.05) is 17.9 Å². The highest BCUT2D eigenvalue weighted by Crippen LogP contribution is 2.26. The van der Waals surface area contributed by atoms with Gasteiger partial charge in [-0.05, 0) is 29.8 Å². The lowest BCUT2D eigenvalue weighted by molar-refractivity contribution is -0.384. The number of nitrogens with two attached hydrogens (primary N) is 1.